The molecular weight excluding hydrogens is 491 g/mol. The number of amides is 1. The molecule has 1 N–H and O–H groups in total. The Morgan fingerprint density at radius 2 is 2.06 bits per heavy atom. The number of esters is 1. The van der Waals surface area contributed by atoms with Gasteiger partial charge in [-0.15, -0.1) is 21.5 Å². The summed E-state index contributed by atoms with van der Waals surface area (Å²) in [4.78, 5) is 25.6. The molecule has 3 aromatic rings. The number of carbonyl (C=O) groups is 2. The standard InChI is InChI=1S/C21H22ClFN4O4S2/c1-4-13-9-14(20(29)30-5-2)19(33-13)24-18(28)11-32-21-26-25-17(27(21)3)10-31-12-6-7-16(23)15(22)8-12/h6-9H,4-5,10-11H2,1-3H3,(H,24,28). The van der Waals surface area contributed by atoms with E-state index >= 15 is 0 Å². The molecule has 0 fully saturated rings. The Morgan fingerprint density at radius 3 is 2.76 bits per heavy atom. The van der Waals surface area contributed by atoms with E-state index in [-0.39, 0.29) is 29.9 Å². The van der Waals surface area contributed by atoms with Gasteiger partial charge in [0.25, 0.3) is 0 Å². The van der Waals surface area contributed by atoms with Crippen LogP contribution < -0.4 is 10.1 Å². The minimum Gasteiger partial charge on any atom is -0.486 e. The minimum absolute atomic E-state index is 0.0318. The van der Waals surface area contributed by atoms with E-state index in [1.165, 1.54) is 41.3 Å². The molecule has 3 rings (SSSR count). The van der Waals surface area contributed by atoms with Crippen LogP contribution in [0.5, 0.6) is 5.75 Å². The number of aromatic nitrogens is 3. The van der Waals surface area contributed by atoms with Gasteiger partial charge in [-0.05, 0) is 31.5 Å². The smallest absolute Gasteiger partial charge is 0.341 e. The molecule has 0 bridgehead atoms. The zero-order valence-electron chi connectivity index (χ0n) is 18.2. The maximum Gasteiger partial charge on any atom is 0.341 e. The Morgan fingerprint density at radius 1 is 1.27 bits per heavy atom. The van der Waals surface area contributed by atoms with Crippen molar-refractivity contribution in [2.75, 3.05) is 17.7 Å². The summed E-state index contributed by atoms with van der Waals surface area (Å²) >= 11 is 8.31. The molecule has 0 unspecified atom stereocenters. The Balaban J connectivity index is 1.58. The van der Waals surface area contributed by atoms with Crippen LogP contribution in [0.4, 0.5) is 9.39 Å². The lowest BCUT2D eigenvalue weighted by Gasteiger charge is -2.08. The molecule has 1 amide bonds. The molecule has 33 heavy (non-hydrogen) atoms. The fourth-order valence-electron chi connectivity index (χ4n) is 2.67. The molecule has 0 radical (unpaired) electrons. The van der Waals surface area contributed by atoms with Gasteiger partial charge < -0.3 is 19.4 Å². The zero-order valence-corrected chi connectivity index (χ0v) is 20.6. The lowest BCUT2D eigenvalue weighted by molar-refractivity contribution is -0.113. The quantitative estimate of drug-likeness (QED) is 0.310. The van der Waals surface area contributed by atoms with E-state index < -0.39 is 11.8 Å². The van der Waals surface area contributed by atoms with E-state index in [1.54, 1.807) is 24.6 Å². The molecule has 0 aliphatic heterocycles. The van der Waals surface area contributed by atoms with Gasteiger partial charge in [-0.1, -0.05) is 30.3 Å². The van der Waals surface area contributed by atoms with E-state index in [9.17, 15) is 14.0 Å². The van der Waals surface area contributed by atoms with Crippen LogP contribution in [0.25, 0.3) is 0 Å². The second-order valence-corrected chi connectivity index (χ2v) is 9.18. The van der Waals surface area contributed by atoms with Crippen molar-refractivity contribution in [2.24, 2.45) is 7.05 Å². The van der Waals surface area contributed by atoms with E-state index in [0.29, 0.717) is 27.3 Å². The molecule has 2 heterocycles. The highest BCUT2D eigenvalue weighted by Gasteiger charge is 2.19. The number of thiophene rings is 1. The highest BCUT2D eigenvalue weighted by atomic mass is 35.5. The predicted octanol–water partition coefficient (Wildman–Crippen LogP) is 4.72. The molecule has 0 saturated heterocycles. The normalized spacial score (nSPS) is 10.8. The number of benzene rings is 1. The molecule has 0 aliphatic carbocycles. The number of halogens is 2. The van der Waals surface area contributed by atoms with Gasteiger partial charge in [-0.2, -0.15) is 0 Å². The monoisotopic (exact) mass is 512 g/mol. The largest absolute Gasteiger partial charge is 0.486 e. The van der Waals surface area contributed by atoms with Crippen molar-refractivity contribution in [3.05, 3.63) is 51.4 Å². The van der Waals surface area contributed by atoms with Crippen LogP contribution in [0.3, 0.4) is 0 Å². The topological polar surface area (TPSA) is 95.3 Å². The second-order valence-electron chi connectivity index (χ2n) is 6.69. The molecule has 0 aliphatic rings. The average molecular weight is 513 g/mol. The summed E-state index contributed by atoms with van der Waals surface area (Å²) in [5.41, 5.74) is 0.357. The Labute approximate surface area is 203 Å². The Bertz CT molecular complexity index is 1150. The average Bonchev–Trinajstić information content (AvgIpc) is 3.36. The van der Waals surface area contributed by atoms with Crippen molar-refractivity contribution < 1.29 is 23.5 Å². The van der Waals surface area contributed by atoms with Crippen molar-refractivity contribution in [3.63, 3.8) is 0 Å². The SMILES string of the molecule is CCOC(=O)c1cc(CC)sc1NC(=O)CSc1nnc(COc2ccc(F)c(Cl)c2)n1C. The van der Waals surface area contributed by atoms with Crippen LogP contribution >= 0.6 is 34.7 Å². The van der Waals surface area contributed by atoms with Gasteiger partial charge in [0, 0.05) is 18.0 Å². The third-order valence-electron chi connectivity index (χ3n) is 4.40. The predicted molar refractivity (Wildman–Crippen MR) is 126 cm³/mol. The van der Waals surface area contributed by atoms with Gasteiger partial charge in [0.2, 0.25) is 5.91 Å². The first-order valence-corrected chi connectivity index (χ1v) is 12.2. The molecule has 1 aromatic carbocycles. The van der Waals surface area contributed by atoms with Crippen molar-refractivity contribution in [1.29, 1.82) is 0 Å². The van der Waals surface area contributed by atoms with Gasteiger partial charge in [0.15, 0.2) is 11.0 Å². The van der Waals surface area contributed by atoms with E-state index in [1.807, 2.05) is 6.92 Å². The lowest BCUT2D eigenvalue weighted by atomic mass is 10.2. The van der Waals surface area contributed by atoms with E-state index in [4.69, 9.17) is 21.1 Å². The third-order valence-corrected chi connectivity index (χ3v) is 6.90. The number of ether oxygens (including phenoxy) is 2. The van der Waals surface area contributed by atoms with Crippen LogP contribution in [-0.4, -0.2) is 39.0 Å². The summed E-state index contributed by atoms with van der Waals surface area (Å²) in [5.74, 6) is -0.273. The maximum absolute atomic E-state index is 13.3. The van der Waals surface area contributed by atoms with Gasteiger partial charge in [-0.25, -0.2) is 9.18 Å². The minimum atomic E-state index is -0.525. The highest BCUT2D eigenvalue weighted by molar-refractivity contribution is 7.99. The third kappa shape index (κ3) is 6.46. The number of thioether (sulfide) groups is 1. The first-order valence-electron chi connectivity index (χ1n) is 10.0. The first-order chi connectivity index (χ1) is 15.8. The molecule has 12 heteroatoms. The molecule has 0 saturated carbocycles. The number of aryl methyl sites for hydroxylation is 1. The summed E-state index contributed by atoms with van der Waals surface area (Å²) < 4.78 is 25.6. The second kappa shape index (κ2) is 11.5. The van der Waals surface area contributed by atoms with Crippen LogP contribution in [0.15, 0.2) is 29.4 Å². The number of anilines is 1. The maximum atomic E-state index is 13.3. The number of carbonyl (C=O) groups excluding carboxylic acids is 2. The van der Waals surface area contributed by atoms with E-state index in [0.717, 1.165) is 11.3 Å². The summed E-state index contributed by atoms with van der Waals surface area (Å²) in [7, 11) is 1.75. The number of nitrogens with one attached hydrogen (secondary N) is 1. The first kappa shape index (κ1) is 25.0. The van der Waals surface area contributed by atoms with Gasteiger partial charge >= 0.3 is 5.97 Å². The fourth-order valence-corrected chi connectivity index (χ4v) is 4.57. The zero-order chi connectivity index (χ0) is 24.0. The van der Waals surface area contributed by atoms with Gasteiger partial charge in [-0.3, -0.25) is 4.79 Å². The fraction of sp³-hybridized carbons (Fsp3) is 0.333. The van der Waals surface area contributed by atoms with Crippen molar-refractivity contribution >= 4 is 51.6 Å². The highest BCUT2D eigenvalue weighted by Crippen LogP contribution is 2.30. The molecule has 8 nitrogen and oxygen atoms in total. The lowest BCUT2D eigenvalue weighted by Crippen LogP contribution is -2.16. The molecule has 0 atom stereocenters. The van der Waals surface area contributed by atoms with Crippen LogP contribution in [0.2, 0.25) is 5.02 Å². The van der Waals surface area contributed by atoms with Gasteiger partial charge in [0.1, 0.15) is 23.2 Å². The molecule has 2 aromatic heterocycles. The summed E-state index contributed by atoms with van der Waals surface area (Å²) in [6.07, 6.45) is 0.746. The number of nitrogens with zero attached hydrogens (tertiary/aromatic N) is 3. The summed E-state index contributed by atoms with van der Waals surface area (Å²) in [6, 6.07) is 5.82. The van der Waals surface area contributed by atoms with Crippen LogP contribution in [0, 0.1) is 5.82 Å². The molecule has 0 spiro atoms. The van der Waals surface area contributed by atoms with Gasteiger partial charge in [0.05, 0.1) is 22.9 Å². The molecule has 176 valence electrons. The van der Waals surface area contributed by atoms with E-state index in [2.05, 4.69) is 15.5 Å². The van der Waals surface area contributed by atoms with Crippen LogP contribution in [0.1, 0.15) is 34.9 Å². The number of rotatable bonds is 10. The molecular formula is C21H22ClFN4O4S2. The summed E-state index contributed by atoms with van der Waals surface area (Å²) in [6.45, 7) is 4.05. The van der Waals surface area contributed by atoms with Crippen molar-refractivity contribution in [2.45, 2.75) is 32.0 Å². The summed E-state index contributed by atoms with van der Waals surface area (Å²) in [5, 5.41) is 11.9. The van der Waals surface area contributed by atoms with Crippen molar-refractivity contribution in [3.8, 4) is 5.75 Å². The Hall–Kier alpha value is -2.63. The number of hydrogen-bond donors (Lipinski definition) is 1. The number of hydrogen-bond acceptors (Lipinski definition) is 8. The van der Waals surface area contributed by atoms with Crippen LogP contribution in [-0.2, 0) is 29.6 Å². The Kier molecular flexibility index (Phi) is 8.70. The van der Waals surface area contributed by atoms with Crippen molar-refractivity contribution in [1.82, 2.24) is 14.8 Å².